The molecule has 2 aliphatic carbocycles. The Kier molecular flexibility index (Phi) is 2.30. The molecular weight excluding hydrogens is 176 g/mol. The fourth-order valence-electron chi connectivity index (χ4n) is 2.24. The Morgan fingerprint density at radius 3 is 2.50 bits per heavy atom. The summed E-state index contributed by atoms with van der Waals surface area (Å²) in [6.45, 7) is 5.13. The van der Waals surface area contributed by atoms with Crippen LogP contribution in [-0.4, -0.2) is 18.5 Å². The maximum absolute atomic E-state index is 11.6. The third-order valence-corrected chi connectivity index (χ3v) is 3.67. The Morgan fingerprint density at radius 1 is 1.50 bits per heavy atom. The maximum atomic E-state index is 11.6. The van der Waals surface area contributed by atoms with Crippen molar-refractivity contribution in [1.82, 2.24) is 5.32 Å². The molecule has 2 aliphatic rings. The van der Waals surface area contributed by atoms with Crippen molar-refractivity contribution in [3.8, 4) is 0 Å². The van der Waals surface area contributed by atoms with Gasteiger partial charge in [0, 0.05) is 18.5 Å². The van der Waals surface area contributed by atoms with Crippen molar-refractivity contribution in [3.63, 3.8) is 0 Å². The number of hydrogen-bond acceptors (Lipinski definition) is 2. The first kappa shape index (κ1) is 9.97. The van der Waals surface area contributed by atoms with Crippen LogP contribution < -0.4 is 11.1 Å². The SMILES string of the molecule is CC1(C)CC1C(=O)NCC1CC(N)C1. The number of hydrogen-bond donors (Lipinski definition) is 2. The van der Waals surface area contributed by atoms with Gasteiger partial charge in [-0.25, -0.2) is 0 Å². The minimum atomic E-state index is 0.246. The number of carbonyl (C=O) groups excluding carboxylic acids is 1. The Labute approximate surface area is 85.4 Å². The minimum Gasteiger partial charge on any atom is -0.356 e. The third-order valence-electron chi connectivity index (χ3n) is 3.67. The molecule has 0 aromatic rings. The van der Waals surface area contributed by atoms with Crippen LogP contribution in [0, 0.1) is 17.3 Å². The van der Waals surface area contributed by atoms with Gasteiger partial charge in [0.15, 0.2) is 0 Å². The highest BCUT2D eigenvalue weighted by Crippen LogP contribution is 2.51. The number of rotatable bonds is 3. The fourth-order valence-corrected chi connectivity index (χ4v) is 2.24. The van der Waals surface area contributed by atoms with Gasteiger partial charge in [0.05, 0.1) is 0 Å². The number of carbonyl (C=O) groups is 1. The van der Waals surface area contributed by atoms with Gasteiger partial charge in [0.1, 0.15) is 0 Å². The largest absolute Gasteiger partial charge is 0.356 e. The van der Waals surface area contributed by atoms with Gasteiger partial charge in [-0.05, 0) is 30.6 Å². The van der Waals surface area contributed by atoms with Gasteiger partial charge in [-0.2, -0.15) is 0 Å². The topological polar surface area (TPSA) is 55.1 Å². The third kappa shape index (κ3) is 1.92. The van der Waals surface area contributed by atoms with Crippen molar-refractivity contribution in [1.29, 1.82) is 0 Å². The molecule has 2 fully saturated rings. The van der Waals surface area contributed by atoms with Crippen molar-refractivity contribution < 1.29 is 4.79 Å². The zero-order chi connectivity index (χ0) is 10.3. The second kappa shape index (κ2) is 3.23. The van der Waals surface area contributed by atoms with Crippen molar-refractivity contribution in [2.75, 3.05) is 6.54 Å². The fraction of sp³-hybridized carbons (Fsp3) is 0.909. The number of nitrogens with two attached hydrogens (primary N) is 1. The van der Waals surface area contributed by atoms with Gasteiger partial charge in [-0.3, -0.25) is 4.79 Å². The molecule has 3 heteroatoms. The van der Waals surface area contributed by atoms with E-state index in [0.717, 1.165) is 25.8 Å². The van der Waals surface area contributed by atoms with Crippen LogP contribution in [0.25, 0.3) is 0 Å². The van der Waals surface area contributed by atoms with Crippen molar-refractivity contribution in [2.45, 2.75) is 39.2 Å². The van der Waals surface area contributed by atoms with Crippen molar-refractivity contribution in [3.05, 3.63) is 0 Å². The standard InChI is InChI=1S/C11H20N2O/c1-11(2)5-9(11)10(14)13-6-7-3-8(12)4-7/h7-9H,3-6,12H2,1-2H3,(H,13,14). The Balaban J connectivity index is 1.65. The molecule has 0 aromatic heterocycles. The Morgan fingerprint density at radius 2 is 2.07 bits per heavy atom. The first-order chi connectivity index (χ1) is 6.49. The summed E-state index contributed by atoms with van der Waals surface area (Å²) in [5.74, 6) is 1.14. The number of amides is 1. The summed E-state index contributed by atoms with van der Waals surface area (Å²) in [6, 6.07) is 0.384. The predicted octanol–water partition coefficient (Wildman–Crippen LogP) is 0.886. The van der Waals surface area contributed by atoms with E-state index in [1.165, 1.54) is 0 Å². The maximum Gasteiger partial charge on any atom is 0.223 e. The van der Waals surface area contributed by atoms with Gasteiger partial charge in [-0.15, -0.1) is 0 Å². The first-order valence-corrected chi connectivity index (χ1v) is 5.52. The van der Waals surface area contributed by atoms with E-state index in [9.17, 15) is 4.79 Å². The highest BCUT2D eigenvalue weighted by molar-refractivity contribution is 5.82. The molecule has 80 valence electrons. The summed E-state index contributed by atoms with van der Waals surface area (Å²) >= 11 is 0. The quantitative estimate of drug-likeness (QED) is 0.704. The summed E-state index contributed by atoms with van der Waals surface area (Å²) < 4.78 is 0. The van der Waals surface area contributed by atoms with E-state index in [2.05, 4.69) is 19.2 Å². The summed E-state index contributed by atoms with van der Waals surface area (Å²) in [5, 5.41) is 3.03. The summed E-state index contributed by atoms with van der Waals surface area (Å²) in [6.07, 6.45) is 3.20. The van der Waals surface area contributed by atoms with Crippen molar-refractivity contribution >= 4 is 5.91 Å². The average Bonchev–Trinajstić information content (AvgIpc) is 2.66. The van der Waals surface area contributed by atoms with E-state index in [1.54, 1.807) is 0 Å². The van der Waals surface area contributed by atoms with E-state index >= 15 is 0 Å². The lowest BCUT2D eigenvalue weighted by molar-refractivity contribution is -0.123. The van der Waals surface area contributed by atoms with Gasteiger partial charge in [0.2, 0.25) is 5.91 Å². The van der Waals surface area contributed by atoms with Gasteiger partial charge < -0.3 is 11.1 Å². The van der Waals surface area contributed by atoms with Crippen LogP contribution in [0.1, 0.15) is 33.1 Å². The molecule has 1 unspecified atom stereocenters. The van der Waals surface area contributed by atoms with Crippen LogP contribution in [0.5, 0.6) is 0 Å². The van der Waals surface area contributed by atoms with Crippen molar-refractivity contribution in [2.24, 2.45) is 23.0 Å². The molecule has 0 saturated heterocycles. The molecule has 2 saturated carbocycles. The van der Waals surface area contributed by atoms with E-state index in [-0.39, 0.29) is 17.2 Å². The molecule has 0 heterocycles. The highest BCUT2D eigenvalue weighted by Gasteiger charge is 2.50. The zero-order valence-electron chi connectivity index (χ0n) is 9.05. The summed E-state index contributed by atoms with van der Waals surface area (Å²) in [4.78, 5) is 11.6. The van der Waals surface area contributed by atoms with Gasteiger partial charge in [-0.1, -0.05) is 13.8 Å². The zero-order valence-corrected chi connectivity index (χ0v) is 9.05. The van der Waals surface area contributed by atoms with Crippen LogP contribution in [0.4, 0.5) is 0 Å². The predicted molar refractivity (Wildman–Crippen MR) is 55.6 cm³/mol. The molecular formula is C11H20N2O. The first-order valence-electron chi connectivity index (χ1n) is 5.52. The van der Waals surface area contributed by atoms with Crippen LogP contribution in [0.2, 0.25) is 0 Å². The van der Waals surface area contributed by atoms with E-state index in [4.69, 9.17) is 5.73 Å². The second-order valence-electron chi connectivity index (χ2n) is 5.59. The number of nitrogens with one attached hydrogen (secondary N) is 1. The summed E-state index contributed by atoms with van der Waals surface area (Å²) in [5.41, 5.74) is 5.93. The molecule has 2 rings (SSSR count). The Hall–Kier alpha value is -0.570. The van der Waals surface area contributed by atoms with E-state index < -0.39 is 0 Å². The molecule has 0 aromatic carbocycles. The molecule has 1 amide bonds. The lowest BCUT2D eigenvalue weighted by Crippen LogP contribution is -2.43. The molecule has 3 nitrogen and oxygen atoms in total. The average molecular weight is 196 g/mol. The minimum absolute atomic E-state index is 0.246. The van der Waals surface area contributed by atoms with E-state index in [1.807, 2.05) is 0 Å². The Bertz CT molecular complexity index is 244. The molecule has 14 heavy (non-hydrogen) atoms. The lowest BCUT2D eigenvalue weighted by Gasteiger charge is -2.32. The smallest absolute Gasteiger partial charge is 0.223 e. The molecule has 3 N–H and O–H groups in total. The van der Waals surface area contributed by atoms with Crippen LogP contribution in [0.3, 0.4) is 0 Å². The molecule has 1 atom stereocenters. The molecule has 0 bridgehead atoms. The van der Waals surface area contributed by atoms with Gasteiger partial charge >= 0.3 is 0 Å². The molecule has 0 spiro atoms. The van der Waals surface area contributed by atoms with Crippen LogP contribution >= 0.6 is 0 Å². The second-order valence-corrected chi connectivity index (χ2v) is 5.59. The molecule has 0 radical (unpaired) electrons. The normalized spacial score (nSPS) is 38.6. The van der Waals surface area contributed by atoms with Crippen LogP contribution in [-0.2, 0) is 4.79 Å². The van der Waals surface area contributed by atoms with Crippen LogP contribution in [0.15, 0.2) is 0 Å². The van der Waals surface area contributed by atoms with Gasteiger partial charge in [0.25, 0.3) is 0 Å². The van der Waals surface area contributed by atoms with E-state index in [0.29, 0.717) is 12.0 Å². The molecule has 0 aliphatic heterocycles. The monoisotopic (exact) mass is 196 g/mol. The summed E-state index contributed by atoms with van der Waals surface area (Å²) in [7, 11) is 0. The lowest BCUT2D eigenvalue weighted by atomic mass is 9.81. The highest BCUT2D eigenvalue weighted by atomic mass is 16.2.